The zero-order valence-corrected chi connectivity index (χ0v) is 21.5. The molecule has 1 amide bonds. The zero-order chi connectivity index (χ0) is 24.3. The smallest absolute Gasteiger partial charge is 0.231 e. The number of amides is 1. The molecule has 5 rings (SSSR count). The van der Waals surface area contributed by atoms with Crippen molar-refractivity contribution in [3.8, 4) is 0 Å². The molecular weight excluding hydrogens is 450 g/mol. The summed E-state index contributed by atoms with van der Waals surface area (Å²) in [6.45, 7) is 7.05. The lowest BCUT2D eigenvalue weighted by atomic mass is 9.70. The summed E-state index contributed by atoms with van der Waals surface area (Å²) < 4.78 is 11.0. The van der Waals surface area contributed by atoms with Gasteiger partial charge in [-0.3, -0.25) is 9.69 Å². The van der Waals surface area contributed by atoms with E-state index in [1.807, 2.05) is 17.0 Å². The van der Waals surface area contributed by atoms with E-state index < -0.39 is 5.79 Å². The molecule has 2 aliphatic carbocycles. The minimum atomic E-state index is -0.638. The van der Waals surface area contributed by atoms with Gasteiger partial charge < -0.3 is 14.8 Å². The van der Waals surface area contributed by atoms with Crippen LogP contribution in [0.2, 0.25) is 5.02 Å². The SMILES string of the molecule is COC1(OC)CC(C(=O)N2CC(C)(C)c3ccc(NC4(c5cccc(Cl)c5C)CCC4)nc32)C1. The standard InChI is InChI=1S/C27H34ClN3O3/c1-17-19(8-6-9-21(17)28)26(12-7-13-26)30-22-11-10-20-23(29-22)31(16-25(20,2)3)24(32)18-14-27(15-18,33-4)34-5/h6,8-11,18H,7,12-16H2,1-5H3,(H,29,30). The van der Waals surface area contributed by atoms with E-state index in [4.69, 9.17) is 26.1 Å². The Hall–Kier alpha value is -2.15. The number of halogens is 1. The second-order valence-electron chi connectivity index (χ2n) is 10.8. The number of carbonyl (C=O) groups is 1. The Kier molecular flexibility index (Phi) is 5.70. The second-order valence-corrected chi connectivity index (χ2v) is 11.2. The van der Waals surface area contributed by atoms with Crippen molar-refractivity contribution in [1.82, 2.24) is 4.98 Å². The number of nitrogens with zero attached hydrogens (tertiary/aromatic N) is 2. The minimum absolute atomic E-state index is 0.102. The number of hydrogen-bond donors (Lipinski definition) is 1. The number of carbonyl (C=O) groups excluding carboxylic acids is 1. The molecule has 0 spiro atoms. The first-order chi connectivity index (χ1) is 16.1. The largest absolute Gasteiger partial charge is 0.360 e. The molecule has 0 bridgehead atoms. The van der Waals surface area contributed by atoms with Crippen molar-refractivity contribution in [1.29, 1.82) is 0 Å². The summed E-state index contributed by atoms with van der Waals surface area (Å²) in [6.07, 6.45) is 4.35. The van der Waals surface area contributed by atoms with Gasteiger partial charge in [-0.1, -0.05) is 43.6 Å². The molecule has 182 valence electrons. The molecule has 34 heavy (non-hydrogen) atoms. The highest BCUT2D eigenvalue weighted by Gasteiger charge is 2.52. The van der Waals surface area contributed by atoms with Crippen LogP contribution in [0.5, 0.6) is 0 Å². The van der Waals surface area contributed by atoms with Gasteiger partial charge in [-0.2, -0.15) is 0 Å². The minimum Gasteiger partial charge on any atom is -0.360 e. The first-order valence-corrected chi connectivity index (χ1v) is 12.5. The summed E-state index contributed by atoms with van der Waals surface area (Å²) in [5, 5.41) is 4.52. The maximum atomic E-state index is 13.5. The fourth-order valence-electron chi connectivity index (χ4n) is 5.86. The molecule has 0 atom stereocenters. The summed E-state index contributed by atoms with van der Waals surface area (Å²) in [7, 11) is 3.27. The van der Waals surface area contributed by atoms with Crippen LogP contribution in [0.15, 0.2) is 30.3 Å². The molecule has 3 aliphatic rings. The van der Waals surface area contributed by atoms with Crippen LogP contribution in [-0.4, -0.2) is 37.4 Å². The van der Waals surface area contributed by atoms with E-state index >= 15 is 0 Å². The number of pyridine rings is 1. The van der Waals surface area contributed by atoms with Crippen LogP contribution in [0.1, 0.15) is 62.6 Å². The van der Waals surface area contributed by atoms with Crippen molar-refractivity contribution in [3.63, 3.8) is 0 Å². The highest BCUT2D eigenvalue weighted by atomic mass is 35.5. The van der Waals surface area contributed by atoms with Crippen molar-refractivity contribution >= 4 is 29.1 Å². The van der Waals surface area contributed by atoms with Gasteiger partial charge in [0.25, 0.3) is 0 Å². The van der Waals surface area contributed by atoms with Gasteiger partial charge in [0.2, 0.25) is 5.91 Å². The van der Waals surface area contributed by atoms with Gasteiger partial charge in [0, 0.05) is 55.5 Å². The number of hydrogen-bond acceptors (Lipinski definition) is 5. The van der Waals surface area contributed by atoms with Gasteiger partial charge in [-0.25, -0.2) is 4.98 Å². The fourth-order valence-corrected chi connectivity index (χ4v) is 6.03. The van der Waals surface area contributed by atoms with Gasteiger partial charge in [0.1, 0.15) is 11.6 Å². The molecule has 2 heterocycles. The number of fused-ring (bicyclic) bond motifs is 1. The number of rotatable bonds is 6. The van der Waals surface area contributed by atoms with Crippen molar-refractivity contribution in [2.45, 2.75) is 69.6 Å². The summed E-state index contributed by atoms with van der Waals surface area (Å²) in [6, 6.07) is 10.3. The van der Waals surface area contributed by atoms with E-state index in [1.165, 1.54) is 5.56 Å². The molecule has 0 radical (unpaired) electrons. The van der Waals surface area contributed by atoms with Crippen molar-refractivity contribution in [3.05, 3.63) is 52.0 Å². The van der Waals surface area contributed by atoms with E-state index in [2.05, 4.69) is 44.3 Å². The summed E-state index contributed by atoms with van der Waals surface area (Å²) in [5.74, 6) is 0.910. The Balaban J connectivity index is 1.43. The molecular formula is C27H34ClN3O3. The molecule has 1 aromatic carbocycles. The van der Waals surface area contributed by atoms with Crippen molar-refractivity contribution in [2.24, 2.45) is 5.92 Å². The molecule has 1 aromatic heterocycles. The van der Waals surface area contributed by atoms with E-state index in [1.54, 1.807) is 14.2 Å². The maximum absolute atomic E-state index is 13.5. The molecule has 7 heteroatoms. The predicted octanol–water partition coefficient (Wildman–Crippen LogP) is 5.56. The van der Waals surface area contributed by atoms with E-state index in [-0.39, 0.29) is 22.8 Å². The van der Waals surface area contributed by atoms with Gasteiger partial charge >= 0.3 is 0 Å². The van der Waals surface area contributed by atoms with E-state index in [0.717, 1.165) is 47.0 Å². The fraction of sp³-hybridized carbons (Fsp3) is 0.556. The molecule has 2 aromatic rings. The van der Waals surface area contributed by atoms with E-state index in [9.17, 15) is 4.79 Å². The lowest BCUT2D eigenvalue weighted by Gasteiger charge is -2.45. The van der Waals surface area contributed by atoms with Gasteiger partial charge in [-0.15, -0.1) is 0 Å². The van der Waals surface area contributed by atoms with Crippen LogP contribution in [0.25, 0.3) is 0 Å². The molecule has 2 fully saturated rings. The third-order valence-corrected chi connectivity index (χ3v) is 8.65. The first-order valence-electron chi connectivity index (χ1n) is 12.1. The summed E-state index contributed by atoms with van der Waals surface area (Å²) >= 11 is 6.45. The van der Waals surface area contributed by atoms with Crippen LogP contribution in [0, 0.1) is 12.8 Å². The van der Waals surface area contributed by atoms with Gasteiger partial charge in [-0.05, 0) is 49.4 Å². The number of ether oxygens (including phenoxy) is 2. The lowest BCUT2D eigenvalue weighted by molar-refractivity contribution is -0.266. The molecule has 0 saturated heterocycles. The quantitative estimate of drug-likeness (QED) is 0.545. The Morgan fingerprint density at radius 2 is 1.82 bits per heavy atom. The Morgan fingerprint density at radius 1 is 1.12 bits per heavy atom. The van der Waals surface area contributed by atoms with Crippen LogP contribution in [-0.2, 0) is 25.2 Å². The average Bonchev–Trinajstić information content (AvgIpc) is 3.03. The van der Waals surface area contributed by atoms with Crippen LogP contribution < -0.4 is 10.2 Å². The summed E-state index contributed by atoms with van der Waals surface area (Å²) in [4.78, 5) is 20.4. The Bertz CT molecular complexity index is 1120. The Labute approximate surface area is 207 Å². The second kappa shape index (κ2) is 8.21. The number of benzene rings is 1. The highest BCUT2D eigenvalue weighted by Crippen LogP contribution is 2.48. The van der Waals surface area contributed by atoms with Crippen molar-refractivity contribution in [2.75, 3.05) is 31.0 Å². The predicted molar refractivity (Wildman–Crippen MR) is 134 cm³/mol. The maximum Gasteiger partial charge on any atom is 0.231 e. The van der Waals surface area contributed by atoms with Gasteiger partial charge in [0.15, 0.2) is 5.79 Å². The van der Waals surface area contributed by atoms with Crippen LogP contribution in [0.4, 0.5) is 11.6 Å². The molecule has 6 nitrogen and oxygen atoms in total. The first kappa shape index (κ1) is 23.6. The molecule has 1 N–H and O–H groups in total. The van der Waals surface area contributed by atoms with Crippen LogP contribution >= 0.6 is 11.6 Å². The van der Waals surface area contributed by atoms with E-state index in [0.29, 0.717) is 19.4 Å². The topological polar surface area (TPSA) is 63.7 Å². The monoisotopic (exact) mass is 483 g/mol. The third kappa shape index (κ3) is 3.62. The van der Waals surface area contributed by atoms with Crippen molar-refractivity contribution < 1.29 is 14.3 Å². The summed E-state index contributed by atoms with van der Waals surface area (Å²) in [5.41, 5.74) is 3.12. The molecule has 1 aliphatic heterocycles. The lowest BCUT2D eigenvalue weighted by Crippen LogP contribution is -2.53. The highest BCUT2D eigenvalue weighted by molar-refractivity contribution is 6.31. The number of nitrogens with one attached hydrogen (secondary N) is 1. The third-order valence-electron chi connectivity index (χ3n) is 8.25. The number of anilines is 2. The Morgan fingerprint density at radius 3 is 2.44 bits per heavy atom. The van der Waals surface area contributed by atoms with Crippen LogP contribution in [0.3, 0.4) is 0 Å². The molecule has 0 unspecified atom stereocenters. The normalized spacial score (nSPS) is 22.0. The zero-order valence-electron chi connectivity index (χ0n) is 20.7. The number of methoxy groups -OCH3 is 2. The average molecular weight is 484 g/mol. The number of aromatic nitrogens is 1. The van der Waals surface area contributed by atoms with Gasteiger partial charge in [0.05, 0.1) is 5.54 Å². The molecule has 2 saturated carbocycles.